The molecule has 0 spiro atoms. The molecule has 9 nitrogen and oxygen atoms in total. The summed E-state index contributed by atoms with van der Waals surface area (Å²) in [5.41, 5.74) is 4.15. The summed E-state index contributed by atoms with van der Waals surface area (Å²) in [4.78, 5) is 13.1. The minimum absolute atomic E-state index is 0.0933. The Hall–Kier alpha value is -3.37. The van der Waals surface area contributed by atoms with Crippen molar-refractivity contribution in [2.45, 2.75) is 0 Å². The molecule has 1 fully saturated rings. The first-order valence-electron chi connectivity index (χ1n) is 10.2. The Kier molecular flexibility index (Phi) is 6.95. The van der Waals surface area contributed by atoms with Crippen LogP contribution in [0.25, 0.3) is 10.9 Å². The Labute approximate surface area is 201 Å². The van der Waals surface area contributed by atoms with Crippen molar-refractivity contribution in [2.75, 3.05) is 45.3 Å². The van der Waals surface area contributed by atoms with Crippen molar-refractivity contribution >= 4 is 51.9 Å². The zero-order valence-corrected chi connectivity index (χ0v) is 19.7. The maximum atomic E-state index is 9.87. The number of ether oxygens (including phenoxy) is 2. The molecule has 4 rings (SSSR count). The van der Waals surface area contributed by atoms with Crippen molar-refractivity contribution < 1.29 is 14.6 Å². The topological polar surface area (TPSA) is 95.3 Å². The normalized spacial score (nSPS) is 14.0. The second-order valence-electron chi connectivity index (χ2n) is 7.27. The van der Waals surface area contributed by atoms with Crippen molar-refractivity contribution in [3.8, 4) is 17.2 Å². The Bertz CT molecular complexity index is 1200. The minimum Gasteiger partial charge on any atom is -0.507 e. The van der Waals surface area contributed by atoms with Crippen LogP contribution in [-0.4, -0.2) is 71.7 Å². The number of fused-ring (bicyclic) bond motifs is 1. The van der Waals surface area contributed by atoms with Crippen molar-refractivity contribution in [1.82, 2.24) is 20.3 Å². The molecule has 1 aromatic heterocycles. The van der Waals surface area contributed by atoms with Gasteiger partial charge in [-0.15, -0.1) is 0 Å². The van der Waals surface area contributed by atoms with Crippen LogP contribution in [0.5, 0.6) is 17.2 Å². The molecule has 2 aromatic carbocycles. The minimum atomic E-state index is 0.0933. The van der Waals surface area contributed by atoms with Crippen molar-refractivity contribution in [3.63, 3.8) is 0 Å². The number of phenols is 1. The number of piperazine rings is 1. The molecule has 172 valence electrons. The van der Waals surface area contributed by atoms with Gasteiger partial charge in [0.1, 0.15) is 17.9 Å². The van der Waals surface area contributed by atoms with Crippen LogP contribution in [-0.2, 0) is 0 Å². The molecule has 0 unspecified atom stereocenters. The standard InChI is InChI=1S/C22H23ClN6O3S/c1-31-19-10-16-17(11-20(19)32-2)24-13-25-21(16)28-5-7-29(8-6-28)22(33)27-26-12-14-9-15(23)3-4-18(14)30/h3-4,9-13,30H,5-8H2,1-2H3,(H,27,33). The summed E-state index contributed by atoms with van der Waals surface area (Å²) in [6.07, 6.45) is 3.04. The van der Waals surface area contributed by atoms with E-state index in [1.54, 1.807) is 32.7 Å². The van der Waals surface area contributed by atoms with Crippen LogP contribution in [0.1, 0.15) is 5.56 Å². The average molecular weight is 487 g/mol. The predicted octanol–water partition coefficient (Wildman–Crippen LogP) is 3.04. The zero-order chi connectivity index (χ0) is 23.4. The van der Waals surface area contributed by atoms with E-state index in [-0.39, 0.29) is 5.75 Å². The Morgan fingerprint density at radius 3 is 2.58 bits per heavy atom. The molecule has 3 aromatic rings. The van der Waals surface area contributed by atoms with E-state index in [2.05, 4.69) is 25.4 Å². The number of nitrogens with one attached hydrogen (secondary N) is 1. The summed E-state index contributed by atoms with van der Waals surface area (Å²) in [6.45, 7) is 2.84. The summed E-state index contributed by atoms with van der Waals surface area (Å²) in [6, 6.07) is 8.51. The van der Waals surface area contributed by atoms with Crippen molar-refractivity contribution in [1.29, 1.82) is 0 Å². The number of hydrogen-bond acceptors (Lipinski definition) is 8. The van der Waals surface area contributed by atoms with Crippen LogP contribution in [0, 0.1) is 0 Å². The number of methoxy groups -OCH3 is 2. The number of halogens is 1. The number of nitrogens with zero attached hydrogens (tertiary/aromatic N) is 5. The van der Waals surface area contributed by atoms with Gasteiger partial charge in [-0.2, -0.15) is 5.10 Å². The van der Waals surface area contributed by atoms with Gasteiger partial charge in [0.25, 0.3) is 0 Å². The maximum Gasteiger partial charge on any atom is 0.189 e. The van der Waals surface area contributed by atoms with Crippen LogP contribution in [0.2, 0.25) is 5.02 Å². The van der Waals surface area contributed by atoms with Gasteiger partial charge in [-0.1, -0.05) is 11.6 Å². The smallest absolute Gasteiger partial charge is 0.189 e. The lowest BCUT2D eigenvalue weighted by atomic mass is 10.2. The maximum absolute atomic E-state index is 9.87. The third kappa shape index (κ3) is 5.01. The van der Waals surface area contributed by atoms with Crippen LogP contribution >= 0.6 is 23.8 Å². The highest BCUT2D eigenvalue weighted by molar-refractivity contribution is 7.80. The summed E-state index contributed by atoms with van der Waals surface area (Å²) in [5, 5.41) is 15.9. The Morgan fingerprint density at radius 2 is 1.85 bits per heavy atom. The summed E-state index contributed by atoms with van der Waals surface area (Å²) >= 11 is 11.4. The number of thiocarbonyl (C=S) groups is 1. The first-order chi connectivity index (χ1) is 16.0. The van der Waals surface area contributed by atoms with E-state index in [4.69, 9.17) is 33.3 Å². The van der Waals surface area contributed by atoms with Crippen molar-refractivity contribution in [2.24, 2.45) is 5.10 Å². The Balaban J connectivity index is 1.41. The molecule has 2 N–H and O–H groups in total. The van der Waals surface area contributed by atoms with Gasteiger partial charge in [0.2, 0.25) is 0 Å². The Morgan fingerprint density at radius 1 is 1.12 bits per heavy atom. The van der Waals surface area contributed by atoms with Crippen LogP contribution in [0.4, 0.5) is 5.82 Å². The van der Waals surface area contributed by atoms with Gasteiger partial charge in [0.15, 0.2) is 16.6 Å². The molecule has 0 amide bonds. The third-order valence-electron chi connectivity index (χ3n) is 5.34. The summed E-state index contributed by atoms with van der Waals surface area (Å²) in [5.74, 6) is 2.20. The number of hydrogen-bond donors (Lipinski definition) is 2. The predicted molar refractivity (Wildman–Crippen MR) is 133 cm³/mol. The van der Waals surface area contributed by atoms with Crippen LogP contribution < -0.4 is 19.8 Å². The van der Waals surface area contributed by atoms with Gasteiger partial charge in [-0.05, 0) is 36.5 Å². The van der Waals surface area contributed by atoms with Gasteiger partial charge in [0, 0.05) is 48.2 Å². The summed E-state index contributed by atoms with van der Waals surface area (Å²) in [7, 11) is 3.21. The summed E-state index contributed by atoms with van der Waals surface area (Å²) < 4.78 is 10.8. The number of anilines is 1. The first kappa shape index (κ1) is 22.8. The number of phenolic OH excluding ortho intramolecular Hbond substituents is 1. The van der Waals surface area contributed by atoms with E-state index in [0.29, 0.717) is 40.3 Å². The molecule has 0 aliphatic carbocycles. The van der Waals surface area contributed by atoms with E-state index < -0.39 is 0 Å². The molecule has 2 heterocycles. The molecule has 1 aliphatic heterocycles. The molecule has 33 heavy (non-hydrogen) atoms. The number of rotatable bonds is 5. The molecule has 0 bridgehead atoms. The molecule has 0 atom stereocenters. The van der Waals surface area contributed by atoms with E-state index in [1.807, 2.05) is 17.0 Å². The van der Waals surface area contributed by atoms with Gasteiger partial charge in [0.05, 0.1) is 26.0 Å². The number of benzene rings is 2. The largest absolute Gasteiger partial charge is 0.507 e. The van der Waals surface area contributed by atoms with E-state index in [0.717, 1.165) is 29.8 Å². The first-order valence-corrected chi connectivity index (χ1v) is 11.0. The molecule has 0 saturated carbocycles. The second-order valence-corrected chi connectivity index (χ2v) is 8.10. The number of aromatic nitrogens is 2. The fourth-order valence-corrected chi connectivity index (χ4v) is 4.02. The van der Waals surface area contributed by atoms with Crippen molar-refractivity contribution in [3.05, 3.63) is 47.2 Å². The fourth-order valence-electron chi connectivity index (χ4n) is 3.60. The van der Waals surface area contributed by atoms with Gasteiger partial charge in [-0.3, -0.25) is 5.43 Å². The molecule has 1 aliphatic rings. The third-order valence-corrected chi connectivity index (χ3v) is 5.92. The van der Waals surface area contributed by atoms with E-state index in [1.165, 1.54) is 12.3 Å². The molecule has 1 saturated heterocycles. The monoisotopic (exact) mass is 486 g/mol. The van der Waals surface area contributed by atoms with Gasteiger partial charge in [-0.25, -0.2) is 9.97 Å². The quantitative estimate of drug-likeness (QED) is 0.320. The van der Waals surface area contributed by atoms with Crippen LogP contribution in [0.3, 0.4) is 0 Å². The molecular formula is C22H23ClN6O3S. The van der Waals surface area contributed by atoms with E-state index >= 15 is 0 Å². The lowest BCUT2D eigenvalue weighted by Crippen LogP contribution is -2.51. The lowest BCUT2D eigenvalue weighted by molar-refractivity contribution is 0.355. The number of aromatic hydroxyl groups is 1. The zero-order valence-electron chi connectivity index (χ0n) is 18.2. The highest BCUT2D eigenvalue weighted by Crippen LogP contribution is 2.34. The molecule has 11 heteroatoms. The highest BCUT2D eigenvalue weighted by atomic mass is 35.5. The second kappa shape index (κ2) is 10.1. The average Bonchev–Trinajstić information content (AvgIpc) is 2.84. The van der Waals surface area contributed by atoms with E-state index in [9.17, 15) is 5.11 Å². The lowest BCUT2D eigenvalue weighted by Gasteiger charge is -2.36. The molecule has 0 radical (unpaired) electrons. The number of hydrazone groups is 1. The SMILES string of the molecule is COc1cc2ncnc(N3CCN(C(=S)NN=Cc4cc(Cl)ccc4O)CC3)c2cc1OC. The highest BCUT2D eigenvalue weighted by Gasteiger charge is 2.22. The van der Waals surface area contributed by atoms with Crippen LogP contribution in [0.15, 0.2) is 41.8 Å². The van der Waals surface area contributed by atoms with Gasteiger partial charge >= 0.3 is 0 Å². The fraction of sp³-hybridized carbons (Fsp3) is 0.273. The van der Waals surface area contributed by atoms with Gasteiger partial charge < -0.3 is 24.4 Å². The molecular weight excluding hydrogens is 464 g/mol.